The van der Waals surface area contributed by atoms with Crippen molar-refractivity contribution in [2.75, 3.05) is 19.0 Å². The number of aromatic nitrogens is 1. The van der Waals surface area contributed by atoms with Gasteiger partial charge >= 0.3 is 0 Å². The number of nitrogens with zero attached hydrogens (tertiary/aromatic N) is 4. The van der Waals surface area contributed by atoms with Crippen LogP contribution in [0.5, 0.6) is 0 Å². The van der Waals surface area contributed by atoms with Gasteiger partial charge in [-0.3, -0.25) is 9.98 Å². The molecule has 1 aliphatic heterocycles. The fraction of sp³-hybridized carbons (Fsp3) is 0.118. The van der Waals surface area contributed by atoms with Crippen LogP contribution in [0.2, 0.25) is 0 Å². The summed E-state index contributed by atoms with van der Waals surface area (Å²) >= 11 is 0. The van der Waals surface area contributed by atoms with Crippen LogP contribution in [-0.2, 0) is 6.54 Å². The van der Waals surface area contributed by atoms with Crippen molar-refractivity contribution in [3.05, 3.63) is 138 Å². The molecule has 0 bridgehead atoms. The summed E-state index contributed by atoms with van der Waals surface area (Å²) in [4.78, 5) is 9.08. The van der Waals surface area contributed by atoms with E-state index in [0.717, 1.165) is 56.1 Å². The van der Waals surface area contributed by atoms with Gasteiger partial charge in [-0.05, 0) is 30.7 Å². The van der Waals surface area contributed by atoms with Crippen molar-refractivity contribution in [2.45, 2.75) is 13.5 Å². The lowest BCUT2D eigenvalue weighted by molar-refractivity contribution is 0.624. The van der Waals surface area contributed by atoms with Gasteiger partial charge in [-0.2, -0.15) is 4.99 Å². The van der Waals surface area contributed by atoms with E-state index in [1.807, 2.05) is 91.2 Å². The van der Waals surface area contributed by atoms with Gasteiger partial charge in [-0.15, -0.1) is 0 Å². The molecule has 4 aromatic rings. The van der Waals surface area contributed by atoms with Crippen molar-refractivity contribution in [1.82, 2.24) is 9.47 Å². The largest absolute Gasteiger partial charge is 0.362 e. The van der Waals surface area contributed by atoms with Crippen LogP contribution in [0, 0.1) is 5.41 Å². The van der Waals surface area contributed by atoms with Gasteiger partial charge < -0.3 is 9.80 Å². The minimum Gasteiger partial charge on any atom is -0.362 e. The zero-order chi connectivity index (χ0) is 27.5. The summed E-state index contributed by atoms with van der Waals surface area (Å²) in [6, 6.07) is 26.5. The average molecular weight is 512 g/mol. The topological polar surface area (TPSA) is 47.6 Å². The Labute approximate surface area is 230 Å². The Balaban J connectivity index is 1.78. The van der Waals surface area contributed by atoms with Gasteiger partial charge in [0.25, 0.3) is 0 Å². The molecule has 39 heavy (non-hydrogen) atoms. The van der Waals surface area contributed by atoms with E-state index in [1.54, 1.807) is 0 Å². The van der Waals surface area contributed by atoms with Crippen LogP contribution in [-0.4, -0.2) is 35.4 Å². The first-order valence-electron chi connectivity index (χ1n) is 13.0. The third-order valence-electron chi connectivity index (χ3n) is 7.01. The number of para-hydroxylation sites is 2. The van der Waals surface area contributed by atoms with E-state index in [4.69, 9.17) is 4.99 Å². The standard InChI is InChI=1S/C34H33N5/c1-6-26(7-2)38-23-32-29(22-21-24(3)27-17-11-13-19-30(27)38)28-18-12-14-20-31(28)39(32)34(35)36-33(37(4)5)25-15-9-8-10-16-25/h6-22,35H,1,3,23H2,2,4-5H3/b22-21-,26-7+,35-34?,36-33?. The SMILES string of the molecule is C=C/C(=C\C)N1Cc2c(c3ccccc3n2C(=N)N=C(c2ccccc2)N(C)C)/C=C\C(=C)c2ccccc21. The number of nitrogens with one attached hydrogen (secondary N) is 1. The molecular weight excluding hydrogens is 478 g/mol. The molecule has 0 radical (unpaired) electrons. The minimum absolute atomic E-state index is 0.153. The van der Waals surface area contributed by atoms with Crippen LogP contribution in [0.3, 0.4) is 0 Å². The zero-order valence-electron chi connectivity index (χ0n) is 22.7. The van der Waals surface area contributed by atoms with Crippen LogP contribution >= 0.6 is 0 Å². The van der Waals surface area contributed by atoms with Crippen molar-refractivity contribution in [3.63, 3.8) is 0 Å². The predicted octanol–water partition coefficient (Wildman–Crippen LogP) is 7.57. The normalized spacial score (nSPS) is 14.6. The molecule has 0 unspecified atom stereocenters. The molecule has 1 N–H and O–H groups in total. The molecule has 5 nitrogen and oxygen atoms in total. The maximum absolute atomic E-state index is 9.32. The number of hydrogen-bond donors (Lipinski definition) is 1. The van der Waals surface area contributed by atoms with Crippen molar-refractivity contribution < 1.29 is 0 Å². The maximum Gasteiger partial charge on any atom is 0.228 e. The molecule has 1 aliphatic rings. The van der Waals surface area contributed by atoms with E-state index in [9.17, 15) is 5.41 Å². The second-order valence-corrected chi connectivity index (χ2v) is 9.61. The van der Waals surface area contributed by atoms with Gasteiger partial charge in [0.2, 0.25) is 5.96 Å². The lowest BCUT2D eigenvalue weighted by Crippen LogP contribution is -2.28. The predicted molar refractivity (Wildman–Crippen MR) is 166 cm³/mol. The zero-order valence-corrected chi connectivity index (χ0v) is 22.7. The second-order valence-electron chi connectivity index (χ2n) is 9.61. The first kappa shape index (κ1) is 25.7. The number of aliphatic imine (C=N–C) groups is 1. The number of amidine groups is 1. The first-order chi connectivity index (χ1) is 18.9. The molecule has 5 rings (SSSR count). The highest BCUT2D eigenvalue weighted by molar-refractivity contribution is 6.08. The van der Waals surface area contributed by atoms with E-state index in [2.05, 4.69) is 60.6 Å². The number of hydrogen-bond acceptors (Lipinski definition) is 2. The molecule has 0 aliphatic carbocycles. The number of benzene rings is 3. The summed E-state index contributed by atoms with van der Waals surface area (Å²) < 4.78 is 1.97. The maximum atomic E-state index is 9.32. The molecule has 0 spiro atoms. The summed E-state index contributed by atoms with van der Waals surface area (Å²) in [6.07, 6.45) is 8.14. The lowest BCUT2D eigenvalue weighted by atomic mass is 10.0. The van der Waals surface area contributed by atoms with Crippen LogP contribution in [0.4, 0.5) is 5.69 Å². The Morgan fingerprint density at radius 1 is 0.949 bits per heavy atom. The van der Waals surface area contributed by atoms with Gasteiger partial charge in [0.05, 0.1) is 17.8 Å². The molecule has 1 aromatic heterocycles. The quantitative estimate of drug-likeness (QED) is 0.175. The van der Waals surface area contributed by atoms with E-state index in [1.165, 1.54) is 0 Å². The Kier molecular flexibility index (Phi) is 7.15. The fourth-order valence-electron chi connectivity index (χ4n) is 5.17. The van der Waals surface area contributed by atoms with E-state index in [-0.39, 0.29) is 5.96 Å². The summed E-state index contributed by atoms with van der Waals surface area (Å²) in [5, 5.41) is 10.4. The van der Waals surface area contributed by atoms with Crippen molar-refractivity contribution in [3.8, 4) is 0 Å². The molecule has 5 heteroatoms. The first-order valence-corrected chi connectivity index (χ1v) is 13.0. The van der Waals surface area contributed by atoms with E-state index >= 15 is 0 Å². The Morgan fingerprint density at radius 2 is 1.64 bits per heavy atom. The minimum atomic E-state index is 0.153. The van der Waals surface area contributed by atoms with Gasteiger partial charge in [0.15, 0.2) is 0 Å². The van der Waals surface area contributed by atoms with Crippen LogP contribution < -0.4 is 4.90 Å². The summed E-state index contributed by atoms with van der Waals surface area (Å²) in [5.74, 6) is 0.877. The molecule has 3 aromatic carbocycles. The van der Waals surface area contributed by atoms with Crippen molar-refractivity contribution in [2.24, 2.45) is 4.99 Å². The third kappa shape index (κ3) is 4.75. The highest BCUT2D eigenvalue weighted by Crippen LogP contribution is 2.37. The summed E-state index contributed by atoms with van der Waals surface area (Å²) in [6.45, 7) is 11.0. The van der Waals surface area contributed by atoms with E-state index in [0.29, 0.717) is 6.54 Å². The number of fused-ring (bicyclic) bond motifs is 4. The van der Waals surface area contributed by atoms with Gasteiger partial charge in [0.1, 0.15) is 5.84 Å². The second kappa shape index (κ2) is 10.8. The van der Waals surface area contributed by atoms with Crippen LogP contribution in [0.15, 0.2) is 121 Å². The van der Waals surface area contributed by atoms with Gasteiger partial charge in [-0.1, -0.05) is 98.1 Å². The van der Waals surface area contributed by atoms with Crippen molar-refractivity contribution in [1.29, 1.82) is 5.41 Å². The van der Waals surface area contributed by atoms with Gasteiger partial charge in [0, 0.05) is 47.6 Å². The van der Waals surface area contributed by atoms with Crippen LogP contribution in [0.1, 0.15) is 29.3 Å². The highest BCUT2D eigenvalue weighted by Gasteiger charge is 2.25. The molecule has 0 saturated carbocycles. The average Bonchev–Trinajstić information content (AvgIpc) is 3.29. The monoisotopic (exact) mass is 511 g/mol. The molecular formula is C34H33N5. The number of anilines is 1. The lowest BCUT2D eigenvalue weighted by Gasteiger charge is -2.29. The van der Waals surface area contributed by atoms with E-state index < -0.39 is 0 Å². The Hall–Kier alpha value is -4.90. The van der Waals surface area contributed by atoms with Crippen LogP contribution in [0.25, 0.3) is 22.6 Å². The molecule has 0 saturated heterocycles. The van der Waals surface area contributed by atoms with Gasteiger partial charge in [-0.25, -0.2) is 0 Å². The molecule has 0 atom stereocenters. The highest BCUT2D eigenvalue weighted by atomic mass is 15.2. The fourth-order valence-corrected chi connectivity index (χ4v) is 5.17. The molecule has 194 valence electrons. The number of rotatable bonds is 3. The molecule has 0 amide bonds. The Morgan fingerprint density at radius 3 is 2.36 bits per heavy atom. The third-order valence-corrected chi connectivity index (χ3v) is 7.01. The molecule has 0 fully saturated rings. The number of allylic oxidation sites excluding steroid dienone is 4. The summed E-state index contributed by atoms with van der Waals surface area (Å²) in [7, 11) is 3.91. The molecule has 2 heterocycles. The Bertz CT molecular complexity index is 1660. The summed E-state index contributed by atoms with van der Waals surface area (Å²) in [5.41, 5.74) is 7.92. The van der Waals surface area contributed by atoms with Crippen molar-refractivity contribution >= 4 is 40.0 Å². The smallest absolute Gasteiger partial charge is 0.228 e.